The first-order valence-corrected chi connectivity index (χ1v) is 7.03. The highest BCUT2D eigenvalue weighted by molar-refractivity contribution is 9.10. The van der Waals surface area contributed by atoms with E-state index < -0.39 is 17.9 Å². The van der Waals surface area contributed by atoms with E-state index in [0.29, 0.717) is 15.7 Å². The molecule has 3 N–H and O–H groups in total. The summed E-state index contributed by atoms with van der Waals surface area (Å²) < 4.78 is 0.622. The average Bonchev–Trinajstić information content (AvgIpc) is 2.93. The molecule has 2 aromatic rings. The van der Waals surface area contributed by atoms with Crippen LogP contribution in [0, 0.1) is 6.92 Å². The molecule has 7 heteroatoms. The van der Waals surface area contributed by atoms with Gasteiger partial charge in [0, 0.05) is 22.8 Å². The summed E-state index contributed by atoms with van der Waals surface area (Å²) in [4.78, 5) is 30.2. The minimum atomic E-state index is -1.10. The Balaban J connectivity index is 2.14. The van der Waals surface area contributed by atoms with E-state index >= 15 is 0 Å². The number of carbonyl (C=O) groups excluding carboxylic acids is 1. The number of hydrogen-bond donors (Lipinski definition) is 3. The van der Waals surface area contributed by atoms with Crippen molar-refractivity contribution in [3.63, 3.8) is 0 Å². The molecule has 0 radical (unpaired) electrons. The molecule has 0 unspecified atom stereocenters. The lowest BCUT2D eigenvalue weighted by Crippen LogP contribution is -2.42. The number of aromatic nitrogens is 2. The van der Waals surface area contributed by atoms with Gasteiger partial charge in [-0.05, 0) is 35.0 Å². The highest BCUT2D eigenvalue weighted by Gasteiger charge is 2.22. The lowest BCUT2D eigenvalue weighted by atomic mass is 10.1. The van der Waals surface area contributed by atoms with Gasteiger partial charge in [0.25, 0.3) is 5.91 Å². The Labute approximate surface area is 129 Å². The molecule has 1 aromatic carbocycles. The number of imidazole rings is 1. The van der Waals surface area contributed by atoms with Gasteiger partial charge in [0.1, 0.15) is 6.04 Å². The molecule has 1 atom stereocenters. The van der Waals surface area contributed by atoms with Crippen LogP contribution in [0.25, 0.3) is 0 Å². The summed E-state index contributed by atoms with van der Waals surface area (Å²) in [5.41, 5.74) is 1.97. The van der Waals surface area contributed by atoms with Gasteiger partial charge in [-0.2, -0.15) is 0 Å². The van der Waals surface area contributed by atoms with Crippen molar-refractivity contribution >= 4 is 27.8 Å². The summed E-state index contributed by atoms with van der Waals surface area (Å²) in [6, 6.07) is 4.30. The van der Waals surface area contributed by atoms with Crippen LogP contribution in [-0.2, 0) is 11.2 Å². The van der Waals surface area contributed by atoms with E-state index in [4.69, 9.17) is 0 Å². The van der Waals surface area contributed by atoms with Crippen molar-refractivity contribution in [1.82, 2.24) is 15.3 Å². The van der Waals surface area contributed by atoms with Crippen molar-refractivity contribution in [3.05, 3.63) is 52.0 Å². The summed E-state index contributed by atoms with van der Waals surface area (Å²) in [7, 11) is 0. The first kappa shape index (κ1) is 15.2. The fourth-order valence-corrected chi connectivity index (χ4v) is 2.29. The number of nitrogens with one attached hydrogen (secondary N) is 2. The van der Waals surface area contributed by atoms with E-state index in [0.717, 1.165) is 5.56 Å². The van der Waals surface area contributed by atoms with Crippen LogP contribution in [-0.4, -0.2) is 33.0 Å². The Morgan fingerprint density at radius 3 is 2.86 bits per heavy atom. The third-order valence-corrected chi connectivity index (χ3v) is 3.64. The topological polar surface area (TPSA) is 95.1 Å². The van der Waals surface area contributed by atoms with Crippen molar-refractivity contribution in [3.8, 4) is 0 Å². The van der Waals surface area contributed by atoms with E-state index in [2.05, 4.69) is 31.2 Å². The van der Waals surface area contributed by atoms with Crippen LogP contribution in [0.1, 0.15) is 21.6 Å². The first-order chi connectivity index (χ1) is 9.97. The van der Waals surface area contributed by atoms with Crippen molar-refractivity contribution in [2.24, 2.45) is 0 Å². The number of carboxylic acid groups (broad SMARTS) is 1. The number of carboxylic acids is 1. The Morgan fingerprint density at radius 1 is 1.48 bits per heavy atom. The molecular formula is C14H14BrN3O3. The van der Waals surface area contributed by atoms with Gasteiger partial charge in [-0.1, -0.05) is 11.6 Å². The maximum atomic E-state index is 12.2. The second-order valence-corrected chi connectivity index (χ2v) is 5.48. The van der Waals surface area contributed by atoms with Gasteiger partial charge in [-0.25, -0.2) is 9.78 Å². The molecule has 0 saturated heterocycles. The zero-order valence-electron chi connectivity index (χ0n) is 11.3. The van der Waals surface area contributed by atoms with E-state index in [9.17, 15) is 14.7 Å². The fraction of sp³-hybridized carbons (Fsp3) is 0.214. The lowest BCUT2D eigenvalue weighted by molar-refractivity contribution is -0.139. The number of amides is 1. The third kappa shape index (κ3) is 3.91. The highest BCUT2D eigenvalue weighted by atomic mass is 79.9. The van der Waals surface area contributed by atoms with Crippen LogP contribution in [0.2, 0.25) is 0 Å². The van der Waals surface area contributed by atoms with Crippen LogP contribution in [0.4, 0.5) is 0 Å². The molecule has 0 saturated carbocycles. The van der Waals surface area contributed by atoms with Gasteiger partial charge in [0.15, 0.2) is 0 Å². The molecule has 0 fully saturated rings. The maximum absolute atomic E-state index is 12.2. The van der Waals surface area contributed by atoms with Gasteiger partial charge < -0.3 is 15.4 Å². The molecule has 6 nitrogen and oxygen atoms in total. The molecule has 0 aliphatic carbocycles. The second-order valence-electron chi connectivity index (χ2n) is 4.63. The van der Waals surface area contributed by atoms with Gasteiger partial charge in [0.05, 0.1) is 11.9 Å². The zero-order chi connectivity index (χ0) is 15.4. The molecule has 0 spiro atoms. The predicted molar refractivity (Wildman–Crippen MR) is 80.1 cm³/mol. The van der Waals surface area contributed by atoms with E-state index in [1.54, 1.807) is 12.1 Å². The number of halogens is 1. The van der Waals surface area contributed by atoms with Crippen molar-refractivity contribution < 1.29 is 14.7 Å². The summed E-state index contributed by atoms with van der Waals surface area (Å²) >= 11 is 3.29. The quantitative estimate of drug-likeness (QED) is 0.766. The number of rotatable bonds is 5. The molecule has 110 valence electrons. The normalized spacial score (nSPS) is 11.9. The maximum Gasteiger partial charge on any atom is 0.326 e. The Hall–Kier alpha value is -2.15. The molecule has 21 heavy (non-hydrogen) atoms. The molecule has 2 rings (SSSR count). The largest absolute Gasteiger partial charge is 0.480 e. The van der Waals surface area contributed by atoms with Gasteiger partial charge in [-0.3, -0.25) is 4.79 Å². The number of carbonyl (C=O) groups is 2. The number of benzene rings is 1. The zero-order valence-corrected chi connectivity index (χ0v) is 12.8. The number of H-pyrrole nitrogens is 1. The highest BCUT2D eigenvalue weighted by Crippen LogP contribution is 2.18. The molecular weight excluding hydrogens is 338 g/mol. The number of aliphatic carboxylic acids is 1. The Morgan fingerprint density at radius 2 is 2.24 bits per heavy atom. The van der Waals surface area contributed by atoms with E-state index in [1.165, 1.54) is 12.5 Å². The Kier molecular flexibility index (Phi) is 4.74. The van der Waals surface area contributed by atoms with E-state index in [-0.39, 0.29) is 6.42 Å². The van der Waals surface area contributed by atoms with Crippen LogP contribution >= 0.6 is 15.9 Å². The molecule has 1 aromatic heterocycles. The van der Waals surface area contributed by atoms with Crippen LogP contribution < -0.4 is 5.32 Å². The molecule has 1 heterocycles. The average molecular weight is 352 g/mol. The standard InChI is InChI=1S/C14H14BrN3O3/c1-8-2-3-11(15)10(4-8)13(19)18-12(14(20)21)5-9-6-16-7-17-9/h2-4,6-7,12H,5H2,1H3,(H,16,17)(H,18,19)(H,20,21)/t12-/m0/s1. The van der Waals surface area contributed by atoms with Crippen LogP contribution in [0.15, 0.2) is 35.2 Å². The fourth-order valence-electron chi connectivity index (χ4n) is 1.87. The second kappa shape index (κ2) is 6.53. The van der Waals surface area contributed by atoms with Crippen LogP contribution in [0.3, 0.4) is 0 Å². The summed E-state index contributed by atoms with van der Waals surface area (Å²) in [5.74, 6) is -1.53. The monoisotopic (exact) mass is 351 g/mol. The molecule has 1 amide bonds. The smallest absolute Gasteiger partial charge is 0.326 e. The van der Waals surface area contributed by atoms with Crippen molar-refractivity contribution in [2.75, 3.05) is 0 Å². The SMILES string of the molecule is Cc1ccc(Br)c(C(=O)N[C@@H](Cc2cnc[nH]2)C(=O)O)c1. The minimum absolute atomic E-state index is 0.143. The first-order valence-electron chi connectivity index (χ1n) is 6.24. The third-order valence-electron chi connectivity index (χ3n) is 2.95. The summed E-state index contributed by atoms with van der Waals surface area (Å²) in [5, 5.41) is 11.8. The number of aryl methyl sites for hydroxylation is 1. The number of aromatic amines is 1. The summed E-state index contributed by atoms with van der Waals surface area (Å²) in [6.45, 7) is 1.86. The van der Waals surface area contributed by atoms with Crippen LogP contribution in [0.5, 0.6) is 0 Å². The molecule has 0 aliphatic heterocycles. The lowest BCUT2D eigenvalue weighted by Gasteiger charge is -2.14. The van der Waals surface area contributed by atoms with Gasteiger partial charge in [-0.15, -0.1) is 0 Å². The number of nitrogens with zero attached hydrogens (tertiary/aromatic N) is 1. The predicted octanol–water partition coefficient (Wildman–Crippen LogP) is 1.91. The Bertz CT molecular complexity index is 655. The van der Waals surface area contributed by atoms with E-state index in [1.807, 2.05) is 13.0 Å². The summed E-state index contributed by atoms with van der Waals surface area (Å²) in [6.07, 6.45) is 3.14. The molecule has 0 aliphatic rings. The minimum Gasteiger partial charge on any atom is -0.480 e. The van der Waals surface area contributed by atoms with Gasteiger partial charge >= 0.3 is 5.97 Å². The van der Waals surface area contributed by atoms with Gasteiger partial charge in [0.2, 0.25) is 0 Å². The van der Waals surface area contributed by atoms with Crippen molar-refractivity contribution in [2.45, 2.75) is 19.4 Å². The molecule has 0 bridgehead atoms. The number of hydrogen-bond acceptors (Lipinski definition) is 3. The van der Waals surface area contributed by atoms with Crippen molar-refractivity contribution in [1.29, 1.82) is 0 Å².